The minimum Gasteiger partial charge on any atom is -0.497 e. The zero-order valence-electron chi connectivity index (χ0n) is 15.2. The van der Waals surface area contributed by atoms with E-state index in [1.54, 1.807) is 29.2 Å². The first-order valence-corrected chi connectivity index (χ1v) is 11.9. The van der Waals surface area contributed by atoms with Crippen LogP contribution in [-0.2, 0) is 20.0 Å². The van der Waals surface area contributed by atoms with Crippen molar-refractivity contribution in [3.8, 4) is 11.5 Å². The number of nitrogens with zero attached hydrogens (tertiary/aromatic N) is 1. The first kappa shape index (κ1) is 21.0. The van der Waals surface area contributed by atoms with Gasteiger partial charge in [0.05, 0.1) is 12.9 Å². The Morgan fingerprint density at radius 1 is 0.815 bits per heavy atom. The molecule has 2 rings (SSSR count). The van der Waals surface area contributed by atoms with E-state index in [1.165, 1.54) is 19.2 Å². The molecule has 9 heteroatoms. The van der Waals surface area contributed by atoms with Crippen LogP contribution in [0.4, 0.5) is 5.69 Å². The topological polar surface area (TPSA) is 90.0 Å². The van der Waals surface area contributed by atoms with Gasteiger partial charge in [-0.1, -0.05) is 18.2 Å². The largest absolute Gasteiger partial charge is 0.497 e. The molecule has 0 saturated carbocycles. The predicted molar refractivity (Wildman–Crippen MR) is 106 cm³/mol. The van der Waals surface area contributed by atoms with E-state index >= 15 is 0 Å². The molecule has 0 N–H and O–H groups in total. The third-order valence-corrected chi connectivity index (χ3v) is 5.80. The summed E-state index contributed by atoms with van der Waals surface area (Å²) in [5, 5.41) is 0. The summed E-state index contributed by atoms with van der Waals surface area (Å²) in [5.74, 6) is 0.438. The fourth-order valence-corrected chi connectivity index (χ4v) is 3.81. The number of ether oxygens (including phenoxy) is 1. The molecule has 0 aromatic heterocycles. The molecule has 27 heavy (non-hydrogen) atoms. The van der Waals surface area contributed by atoms with Gasteiger partial charge >= 0.3 is 10.1 Å². The maximum absolute atomic E-state index is 12.3. The highest BCUT2D eigenvalue weighted by atomic mass is 32.2. The fourth-order valence-electron chi connectivity index (χ4n) is 2.33. The van der Waals surface area contributed by atoms with Crippen LogP contribution in [0.5, 0.6) is 11.5 Å². The molecule has 0 spiro atoms. The van der Waals surface area contributed by atoms with E-state index in [9.17, 15) is 16.8 Å². The van der Waals surface area contributed by atoms with Crippen LogP contribution in [-0.4, -0.2) is 54.8 Å². The molecule has 2 aromatic rings. The second kappa shape index (κ2) is 9.09. The van der Waals surface area contributed by atoms with Crippen molar-refractivity contribution < 1.29 is 25.8 Å². The van der Waals surface area contributed by atoms with Gasteiger partial charge in [-0.15, -0.1) is 0 Å². The molecule has 0 aliphatic carbocycles. The Bertz CT molecular complexity index is 926. The van der Waals surface area contributed by atoms with Crippen molar-refractivity contribution in [3.63, 3.8) is 0 Å². The summed E-state index contributed by atoms with van der Waals surface area (Å²) in [6.45, 7) is 0.304. The Hall–Kier alpha value is -2.26. The van der Waals surface area contributed by atoms with Crippen LogP contribution >= 0.6 is 0 Å². The Kier molecular flexibility index (Phi) is 7.09. The Labute approximate surface area is 160 Å². The van der Waals surface area contributed by atoms with Gasteiger partial charge in [0.1, 0.15) is 27.1 Å². The lowest BCUT2D eigenvalue weighted by Crippen LogP contribution is -2.34. The average molecular weight is 414 g/mol. The summed E-state index contributed by atoms with van der Waals surface area (Å²) in [5.41, 5.74) is 0.751. The van der Waals surface area contributed by atoms with Crippen LogP contribution in [0.25, 0.3) is 0 Å². The lowest BCUT2D eigenvalue weighted by Gasteiger charge is -2.24. The summed E-state index contributed by atoms with van der Waals surface area (Å²) < 4.78 is 57.7. The zero-order chi connectivity index (χ0) is 19.9. The smallest absolute Gasteiger partial charge is 0.310 e. The molecule has 148 valence electrons. The van der Waals surface area contributed by atoms with Gasteiger partial charge in [-0.25, -0.2) is 8.42 Å². The fraction of sp³-hybridized carbons (Fsp3) is 0.333. The number of hydrogen-bond acceptors (Lipinski definition) is 7. The second-order valence-electron chi connectivity index (χ2n) is 5.97. The van der Waals surface area contributed by atoms with E-state index < -0.39 is 20.0 Å². The van der Waals surface area contributed by atoms with Crippen molar-refractivity contribution in [3.05, 3.63) is 54.6 Å². The van der Waals surface area contributed by atoms with Gasteiger partial charge in [-0.2, -0.15) is 8.42 Å². The number of methoxy groups -OCH3 is 1. The molecular weight excluding hydrogens is 390 g/mol. The molecule has 0 saturated heterocycles. The summed E-state index contributed by atoms with van der Waals surface area (Å²) in [6.07, 6.45) is 1.15. The van der Waals surface area contributed by atoms with Crippen LogP contribution in [0.2, 0.25) is 0 Å². The first-order valence-electron chi connectivity index (χ1n) is 8.22. The standard InChI is InChI=1S/C18H23NO6S2/c1-24-17-8-10-18(11-9-17)25-27(22,23)15-13-19(12-14-26(2,20)21)16-6-4-3-5-7-16/h3-11H,12-15H2,1-2H3. The number of benzene rings is 2. The van der Waals surface area contributed by atoms with Crippen LogP contribution in [0, 0.1) is 0 Å². The van der Waals surface area contributed by atoms with Gasteiger partial charge in [0.15, 0.2) is 0 Å². The molecular formula is C18H23NO6S2. The van der Waals surface area contributed by atoms with E-state index in [1.807, 2.05) is 18.2 Å². The molecule has 7 nitrogen and oxygen atoms in total. The monoisotopic (exact) mass is 413 g/mol. The summed E-state index contributed by atoms with van der Waals surface area (Å²) in [6, 6.07) is 15.3. The van der Waals surface area contributed by atoms with Gasteiger partial charge in [-0.05, 0) is 36.4 Å². The quantitative estimate of drug-likeness (QED) is 0.550. The number of rotatable bonds is 10. The van der Waals surface area contributed by atoms with E-state index in [2.05, 4.69) is 0 Å². The average Bonchev–Trinajstić information content (AvgIpc) is 2.62. The normalized spacial score (nSPS) is 11.8. The van der Waals surface area contributed by atoms with E-state index in [0.717, 1.165) is 11.9 Å². The summed E-state index contributed by atoms with van der Waals surface area (Å²) in [4.78, 5) is 1.72. The number of para-hydroxylation sites is 1. The minimum absolute atomic E-state index is 0.0682. The molecule has 0 fully saturated rings. The second-order valence-corrected chi connectivity index (χ2v) is 9.92. The van der Waals surface area contributed by atoms with Crippen molar-refractivity contribution in [2.24, 2.45) is 0 Å². The Morgan fingerprint density at radius 2 is 1.37 bits per heavy atom. The van der Waals surface area contributed by atoms with Crippen molar-refractivity contribution in [2.45, 2.75) is 0 Å². The Balaban J connectivity index is 2.05. The van der Waals surface area contributed by atoms with Gasteiger partial charge in [0, 0.05) is 25.0 Å². The van der Waals surface area contributed by atoms with Crippen molar-refractivity contribution in [2.75, 3.05) is 42.9 Å². The molecule has 0 radical (unpaired) electrons. The van der Waals surface area contributed by atoms with Gasteiger partial charge in [0.25, 0.3) is 0 Å². The molecule has 0 unspecified atom stereocenters. The van der Waals surface area contributed by atoms with E-state index in [0.29, 0.717) is 5.75 Å². The minimum atomic E-state index is -3.84. The molecule has 0 amide bonds. The molecule has 0 aliphatic rings. The highest BCUT2D eigenvalue weighted by Crippen LogP contribution is 2.19. The van der Waals surface area contributed by atoms with Gasteiger partial charge in [-0.3, -0.25) is 0 Å². The maximum atomic E-state index is 12.3. The van der Waals surface area contributed by atoms with Crippen LogP contribution < -0.4 is 13.8 Å². The number of anilines is 1. The molecule has 0 atom stereocenters. The predicted octanol–water partition coefficient (Wildman–Crippen LogP) is 1.95. The lowest BCUT2D eigenvalue weighted by molar-refractivity contribution is 0.413. The van der Waals surface area contributed by atoms with Crippen molar-refractivity contribution in [1.29, 1.82) is 0 Å². The lowest BCUT2D eigenvalue weighted by atomic mass is 10.3. The summed E-state index contributed by atoms with van der Waals surface area (Å²) >= 11 is 0. The van der Waals surface area contributed by atoms with Crippen molar-refractivity contribution in [1.82, 2.24) is 0 Å². The van der Waals surface area contributed by atoms with Gasteiger partial charge in [0.2, 0.25) is 0 Å². The third kappa shape index (κ3) is 7.48. The summed E-state index contributed by atoms with van der Waals surface area (Å²) in [7, 11) is -5.50. The highest BCUT2D eigenvalue weighted by Gasteiger charge is 2.17. The van der Waals surface area contributed by atoms with Crippen LogP contribution in [0.3, 0.4) is 0 Å². The van der Waals surface area contributed by atoms with Crippen LogP contribution in [0.15, 0.2) is 54.6 Å². The molecule has 0 bridgehead atoms. The van der Waals surface area contributed by atoms with Crippen LogP contribution in [0.1, 0.15) is 0 Å². The highest BCUT2D eigenvalue weighted by molar-refractivity contribution is 7.90. The SMILES string of the molecule is COc1ccc(OS(=O)(=O)CCN(CCS(C)(=O)=O)c2ccccc2)cc1. The van der Waals surface area contributed by atoms with E-state index in [-0.39, 0.29) is 30.3 Å². The third-order valence-electron chi connectivity index (χ3n) is 3.75. The molecule has 0 aliphatic heterocycles. The maximum Gasteiger partial charge on any atom is 0.310 e. The molecule has 0 heterocycles. The zero-order valence-corrected chi connectivity index (χ0v) is 16.9. The molecule has 2 aromatic carbocycles. The van der Waals surface area contributed by atoms with E-state index in [4.69, 9.17) is 8.92 Å². The Morgan fingerprint density at radius 3 is 1.93 bits per heavy atom. The van der Waals surface area contributed by atoms with Crippen molar-refractivity contribution >= 4 is 25.6 Å². The number of hydrogen-bond donors (Lipinski definition) is 0. The number of sulfone groups is 1. The van der Waals surface area contributed by atoms with Gasteiger partial charge < -0.3 is 13.8 Å². The first-order chi connectivity index (χ1) is 12.7.